The molecule has 0 radical (unpaired) electrons. The Kier molecular flexibility index (Phi) is 1.08. The molecule has 3 heteroatoms. The summed E-state index contributed by atoms with van der Waals surface area (Å²) in [6.45, 7) is 4.15. The van der Waals surface area contributed by atoms with E-state index in [1.54, 1.807) is 11.3 Å². The first-order valence-electron chi connectivity index (χ1n) is 3.17. The second kappa shape index (κ2) is 1.83. The molecule has 2 aromatic heterocycles. The Balaban J connectivity index is 2.95. The molecule has 0 aliphatic heterocycles. The molecular formula is C7H8N2S. The number of fused-ring (bicyclic) bond motifs is 1. The lowest BCUT2D eigenvalue weighted by molar-refractivity contribution is 0.932. The molecule has 0 aliphatic carbocycles. The van der Waals surface area contributed by atoms with Crippen LogP contribution < -0.4 is 0 Å². The van der Waals surface area contributed by atoms with E-state index in [1.165, 1.54) is 16.1 Å². The van der Waals surface area contributed by atoms with Crippen molar-refractivity contribution in [3.8, 4) is 0 Å². The fourth-order valence-corrected chi connectivity index (χ4v) is 1.92. The summed E-state index contributed by atoms with van der Waals surface area (Å²) in [5.74, 6) is 0. The van der Waals surface area contributed by atoms with Gasteiger partial charge >= 0.3 is 0 Å². The standard InChI is InChI=1S/C7H8N2S/c1-5-3-8-9-6(2)4-10-7(5)9/h3-4H,1-2H3. The van der Waals surface area contributed by atoms with Crippen molar-refractivity contribution in [3.05, 3.63) is 22.8 Å². The Labute approximate surface area is 63.1 Å². The summed E-state index contributed by atoms with van der Waals surface area (Å²) in [4.78, 5) is 1.26. The van der Waals surface area contributed by atoms with Gasteiger partial charge in [-0.2, -0.15) is 5.10 Å². The van der Waals surface area contributed by atoms with E-state index in [1.807, 2.05) is 10.7 Å². The van der Waals surface area contributed by atoms with E-state index < -0.39 is 0 Å². The highest BCUT2D eigenvalue weighted by atomic mass is 32.1. The molecule has 0 atom stereocenters. The molecule has 10 heavy (non-hydrogen) atoms. The lowest BCUT2D eigenvalue weighted by Crippen LogP contribution is -1.83. The minimum absolute atomic E-state index is 1.22. The highest BCUT2D eigenvalue weighted by molar-refractivity contribution is 7.15. The van der Waals surface area contributed by atoms with Gasteiger partial charge in [0.2, 0.25) is 0 Å². The Morgan fingerprint density at radius 2 is 2.30 bits per heavy atom. The smallest absolute Gasteiger partial charge is 0.122 e. The van der Waals surface area contributed by atoms with E-state index in [-0.39, 0.29) is 0 Å². The lowest BCUT2D eigenvalue weighted by atomic mass is 10.4. The van der Waals surface area contributed by atoms with Crippen LogP contribution in [-0.4, -0.2) is 9.61 Å². The summed E-state index contributed by atoms with van der Waals surface area (Å²) in [6, 6.07) is 0. The maximum Gasteiger partial charge on any atom is 0.122 e. The minimum Gasteiger partial charge on any atom is -0.227 e. The van der Waals surface area contributed by atoms with Crippen LogP contribution in [0.2, 0.25) is 0 Å². The summed E-state index contributed by atoms with van der Waals surface area (Å²) in [7, 11) is 0. The second-order valence-corrected chi connectivity index (χ2v) is 3.28. The maximum atomic E-state index is 4.20. The average Bonchev–Trinajstić information content (AvgIpc) is 2.41. The van der Waals surface area contributed by atoms with Crippen molar-refractivity contribution in [2.75, 3.05) is 0 Å². The molecule has 0 aliphatic rings. The summed E-state index contributed by atoms with van der Waals surface area (Å²) < 4.78 is 1.97. The van der Waals surface area contributed by atoms with Crippen LogP contribution in [0.5, 0.6) is 0 Å². The van der Waals surface area contributed by atoms with E-state index in [4.69, 9.17) is 0 Å². The second-order valence-electron chi connectivity index (χ2n) is 2.42. The molecule has 0 spiro atoms. The molecule has 0 N–H and O–H groups in total. The quantitative estimate of drug-likeness (QED) is 0.564. The van der Waals surface area contributed by atoms with Crippen molar-refractivity contribution in [2.45, 2.75) is 13.8 Å². The van der Waals surface area contributed by atoms with Crippen molar-refractivity contribution in [2.24, 2.45) is 0 Å². The monoisotopic (exact) mass is 152 g/mol. The fraction of sp³-hybridized carbons (Fsp3) is 0.286. The van der Waals surface area contributed by atoms with Gasteiger partial charge in [-0.05, 0) is 13.8 Å². The zero-order valence-corrected chi connectivity index (χ0v) is 6.77. The number of hydrogen-bond donors (Lipinski definition) is 0. The maximum absolute atomic E-state index is 4.20. The summed E-state index contributed by atoms with van der Waals surface area (Å²) in [5.41, 5.74) is 2.48. The van der Waals surface area contributed by atoms with Gasteiger partial charge in [0.25, 0.3) is 0 Å². The van der Waals surface area contributed by atoms with Crippen molar-refractivity contribution in [3.63, 3.8) is 0 Å². The first kappa shape index (κ1) is 5.92. The van der Waals surface area contributed by atoms with E-state index in [0.29, 0.717) is 0 Å². The molecule has 0 unspecified atom stereocenters. The van der Waals surface area contributed by atoms with Crippen LogP contribution >= 0.6 is 11.3 Å². The van der Waals surface area contributed by atoms with Gasteiger partial charge < -0.3 is 0 Å². The number of rotatable bonds is 0. The topological polar surface area (TPSA) is 17.3 Å². The first-order valence-corrected chi connectivity index (χ1v) is 4.05. The largest absolute Gasteiger partial charge is 0.227 e. The van der Waals surface area contributed by atoms with Crippen LogP contribution in [0.3, 0.4) is 0 Å². The molecular weight excluding hydrogens is 144 g/mol. The van der Waals surface area contributed by atoms with Crippen molar-refractivity contribution >= 4 is 16.2 Å². The van der Waals surface area contributed by atoms with Crippen molar-refractivity contribution in [1.29, 1.82) is 0 Å². The molecule has 2 nitrogen and oxygen atoms in total. The van der Waals surface area contributed by atoms with Gasteiger partial charge in [-0.15, -0.1) is 11.3 Å². The molecule has 0 saturated carbocycles. The Bertz CT molecular complexity index is 322. The highest BCUT2D eigenvalue weighted by Gasteiger charge is 2.01. The summed E-state index contributed by atoms with van der Waals surface area (Å²) in [6.07, 6.45) is 1.90. The van der Waals surface area contributed by atoms with Crippen LogP contribution in [0.25, 0.3) is 4.83 Å². The van der Waals surface area contributed by atoms with Gasteiger partial charge in [-0.3, -0.25) is 0 Å². The van der Waals surface area contributed by atoms with Crippen molar-refractivity contribution < 1.29 is 0 Å². The van der Waals surface area contributed by atoms with Gasteiger partial charge in [-0.25, -0.2) is 4.52 Å². The third-order valence-corrected chi connectivity index (χ3v) is 2.75. The zero-order valence-electron chi connectivity index (χ0n) is 5.96. The van der Waals surface area contributed by atoms with E-state index in [2.05, 4.69) is 24.3 Å². The fourth-order valence-electron chi connectivity index (χ4n) is 1.00. The average molecular weight is 152 g/mol. The van der Waals surface area contributed by atoms with Crippen LogP contribution in [0.4, 0.5) is 0 Å². The van der Waals surface area contributed by atoms with Gasteiger partial charge in [0.05, 0.1) is 11.9 Å². The van der Waals surface area contributed by atoms with E-state index >= 15 is 0 Å². The van der Waals surface area contributed by atoms with Crippen LogP contribution in [0.1, 0.15) is 11.3 Å². The number of hydrogen-bond acceptors (Lipinski definition) is 2. The summed E-state index contributed by atoms with van der Waals surface area (Å²) >= 11 is 1.75. The van der Waals surface area contributed by atoms with Gasteiger partial charge in [0.1, 0.15) is 4.83 Å². The third kappa shape index (κ3) is 0.609. The number of nitrogens with zero attached hydrogens (tertiary/aromatic N) is 2. The highest BCUT2D eigenvalue weighted by Crippen LogP contribution is 2.18. The van der Waals surface area contributed by atoms with Crippen molar-refractivity contribution in [1.82, 2.24) is 9.61 Å². The Morgan fingerprint density at radius 3 is 3.00 bits per heavy atom. The lowest BCUT2D eigenvalue weighted by Gasteiger charge is -1.83. The molecule has 0 fully saturated rings. The van der Waals surface area contributed by atoms with E-state index in [9.17, 15) is 0 Å². The summed E-state index contributed by atoms with van der Waals surface area (Å²) in [5, 5.41) is 6.33. The Morgan fingerprint density at radius 1 is 1.50 bits per heavy atom. The van der Waals surface area contributed by atoms with E-state index in [0.717, 1.165) is 0 Å². The minimum atomic E-state index is 1.22. The molecule has 52 valence electrons. The van der Waals surface area contributed by atoms with Gasteiger partial charge in [0, 0.05) is 10.9 Å². The Hall–Kier alpha value is -0.830. The molecule has 2 rings (SSSR count). The number of aryl methyl sites for hydroxylation is 2. The first-order chi connectivity index (χ1) is 4.79. The van der Waals surface area contributed by atoms with Crippen LogP contribution in [0, 0.1) is 13.8 Å². The molecule has 2 heterocycles. The number of aromatic nitrogens is 2. The van der Waals surface area contributed by atoms with Crippen LogP contribution in [-0.2, 0) is 0 Å². The molecule has 0 bridgehead atoms. The molecule has 0 saturated heterocycles. The molecule has 0 amide bonds. The predicted octanol–water partition coefficient (Wildman–Crippen LogP) is 2.01. The molecule has 0 aromatic carbocycles. The number of thiazole rings is 1. The third-order valence-electron chi connectivity index (χ3n) is 1.57. The predicted molar refractivity (Wildman–Crippen MR) is 42.5 cm³/mol. The van der Waals surface area contributed by atoms with Gasteiger partial charge in [-0.1, -0.05) is 0 Å². The zero-order chi connectivity index (χ0) is 7.14. The molecule has 2 aromatic rings. The van der Waals surface area contributed by atoms with Gasteiger partial charge in [0.15, 0.2) is 0 Å². The SMILES string of the molecule is Cc1cnn2c(C)csc12. The normalized spacial score (nSPS) is 11.0. The van der Waals surface area contributed by atoms with Crippen LogP contribution in [0.15, 0.2) is 11.6 Å².